The van der Waals surface area contributed by atoms with Gasteiger partial charge in [0.15, 0.2) is 6.29 Å². The molecule has 2 aromatic rings. The fourth-order valence-corrected chi connectivity index (χ4v) is 1.62. The summed E-state index contributed by atoms with van der Waals surface area (Å²) in [6.45, 7) is 6.13. The number of hydrogen-bond acceptors (Lipinski definition) is 3. The maximum absolute atomic E-state index is 11.1. The SMILES string of the molecule is Cn1nccc1-c1nn(C(C)(C)C)cc1C=O. The first kappa shape index (κ1) is 11.6. The van der Waals surface area contributed by atoms with Crippen LogP contribution in [0.25, 0.3) is 11.4 Å². The Balaban J connectivity index is 2.59. The van der Waals surface area contributed by atoms with Crippen molar-refractivity contribution < 1.29 is 4.79 Å². The average Bonchev–Trinajstić information content (AvgIpc) is 2.81. The smallest absolute Gasteiger partial charge is 0.153 e. The van der Waals surface area contributed by atoms with Gasteiger partial charge in [-0.05, 0) is 26.8 Å². The van der Waals surface area contributed by atoms with E-state index in [1.54, 1.807) is 21.8 Å². The maximum Gasteiger partial charge on any atom is 0.153 e. The minimum absolute atomic E-state index is 0.144. The highest BCUT2D eigenvalue weighted by Gasteiger charge is 2.19. The van der Waals surface area contributed by atoms with Crippen LogP contribution in [0.3, 0.4) is 0 Å². The van der Waals surface area contributed by atoms with Crippen molar-refractivity contribution in [3.05, 3.63) is 24.0 Å². The van der Waals surface area contributed by atoms with Gasteiger partial charge in [0, 0.05) is 19.4 Å². The van der Waals surface area contributed by atoms with E-state index in [1.165, 1.54) is 0 Å². The van der Waals surface area contributed by atoms with Gasteiger partial charge in [0.2, 0.25) is 0 Å². The molecule has 5 heteroatoms. The summed E-state index contributed by atoms with van der Waals surface area (Å²) in [6, 6.07) is 1.85. The zero-order chi connectivity index (χ0) is 12.6. The molecule has 2 aromatic heterocycles. The van der Waals surface area contributed by atoms with E-state index in [4.69, 9.17) is 0 Å². The number of hydrogen-bond donors (Lipinski definition) is 0. The summed E-state index contributed by atoms with van der Waals surface area (Å²) in [5.74, 6) is 0. The molecule has 17 heavy (non-hydrogen) atoms. The standard InChI is InChI=1S/C12H16N4O/c1-12(2,3)16-7-9(8-17)11(14-16)10-5-6-13-15(10)4/h5-8H,1-4H3. The van der Waals surface area contributed by atoms with Crippen LogP contribution in [0.1, 0.15) is 31.1 Å². The lowest BCUT2D eigenvalue weighted by molar-refractivity contribution is 0.112. The molecule has 0 spiro atoms. The third-order valence-corrected chi connectivity index (χ3v) is 2.62. The first-order valence-electron chi connectivity index (χ1n) is 5.47. The number of aromatic nitrogens is 4. The van der Waals surface area contributed by atoms with E-state index in [9.17, 15) is 4.79 Å². The highest BCUT2D eigenvalue weighted by Crippen LogP contribution is 2.23. The van der Waals surface area contributed by atoms with E-state index >= 15 is 0 Å². The van der Waals surface area contributed by atoms with E-state index in [2.05, 4.69) is 10.2 Å². The summed E-state index contributed by atoms with van der Waals surface area (Å²) in [6.07, 6.45) is 4.30. The van der Waals surface area contributed by atoms with Gasteiger partial charge in [-0.3, -0.25) is 14.2 Å². The van der Waals surface area contributed by atoms with E-state index in [-0.39, 0.29) is 5.54 Å². The Morgan fingerprint density at radius 2 is 2.06 bits per heavy atom. The second kappa shape index (κ2) is 3.84. The zero-order valence-electron chi connectivity index (χ0n) is 10.5. The van der Waals surface area contributed by atoms with Crippen molar-refractivity contribution in [2.75, 3.05) is 0 Å². The predicted molar refractivity (Wildman–Crippen MR) is 64.8 cm³/mol. The van der Waals surface area contributed by atoms with Crippen molar-refractivity contribution in [1.29, 1.82) is 0 Å². The van der Waals surface area contributed by atoms with Crippen molar-refractivity contribution >= 4 is 6.29 Å². The number of nitrogens with zero attached hydrogens (tertiary/aromatic N) is 4. The molecular weight excluding hydrogens is 216 g/mol. The van der Waals surface area contributed by atoms with Gasteiger partial charge in [-0.1, -0.05) is 0 Å². The third kappa shape index (κ3) is 2.00. The van der Waals surface area contributed by atoms with Crippen molar-refractivity contribution in [3.63, 3.8) is 0 Å². The van der Waals surface area contributed by atoms with Gasteiger partial charge < -0.3 is 0 Å². The lowest BCUT2D eigenvalue weighted by Crippen LogP contribution is -2.22. The molecule has 5 nitrogen and oxygen atoms in total. The first-order chi connectivity index (χ1) is 7.93. The van der Waals surface area contributed by atoms with Crippen LogP contribution in [-0.4, -0.2) is 25.8 Å². The highest BCUT2D eigenvalue weighted by molar-refractivity contribution is 5.84. The van der Waals surface area contributed by atoms with Gasteiger partial charge in [-0.25, -0.2) is 0 Å². The average molecular weight is 232 g/mol. The van der Waals surface area contributed by atoms with Crippen LogP contribution in [0.5, 0.6) is 0 Å². The van der Waals surface area contributed by atoms with E-state index in [0.717, 1.165) is 12.0 Å². The molecule has 0 aliphatic rings. The number of rotatable bonds is 2. The molecule has 0 fully saturated rings. The van der Waals surface area contributed by atoms with E-state index < -0.39 is 0 Å². The summed E-state index contributed by atoms with van der Waals surface area (Å²) in [5.41, 5.74) is 1.96. The minimum Gasteiger partial charge on any atom is -0.298 e. The number of aryl methyl sites for hydroxylation is 1. The Hall–Kier alpha value is -1.91. The van der Waals surface area contributed by atoms with Crippen molar-refractivity contribution in [3.8, 4) is 11.4 Å². The fraction of sp³-hybridized carbons (Fsp3) is 0.417. The zero-order valence-corrected chi connectivity index (χ0v) is 10.5. The molecule has 0 radical (unpaired) electrons. The predicted octanol–water partition coefficient (Wildman–Crippen LogP) is 1.85. The lowest BCUT2D eigenvalue weighted by atomic mass is 10.1. The van der Waals surface area contributed by atoms with E-state index in [1.807, 2.05) is 33.9 Å². The Kier molecular flexibility index (Phi) is 2.61. The maximum atomic E-state index is 11.1. The summed E-state index contributed by atoms with van der Waals surface area (Å²) >= 11 is 0. The molecule has 90 valence electrons. The van der Waals surface area contributed by atoms with Crippen LogP contribution in [0.4, 0.5) is 0 Å². The quantitative estimate of drug-likeness (QED) is 0.742. The highest BCUT2D eigenvalue weighted by atomic mass is 16.1. The van der Waals surface area contributed by atoms with Gasteiger partial charge in [0.25, 0.3) is 0 Å². The Labute approximate surface area is 100 Å². The minimum atomic E-state index is -0.144. The van der Waals surface area contributed by atoms with Gasteiger partial charge in [0.1, 0.15) is 5.69 Å². The molecule has 0 N–H and O–H groups in total. The molecule has 0 amide bonds. The second-order valence-corrected chi connectivity index (χ2v) is 5.01. The van der Waals surface area contributed by atoms with Crippen molar-refractivity contribution in [2.45, 2.75) is 26.3 Å². The van der Waals surface area contributed by atoms with Crippen molar-refractivity contribution in [2.24, 2.45) is 7.05 Å². The molecule has 0 aliphatic heterocycles. The monoisotopic (exact) mass is 232 g/mol. The number of aldehydes is 1. The third-order valence-electron chi connectivity index (χ3n) is 2.62. The fourth-order valence-electron chi connectivity index (χ4n) is 1.62. The normalized spacial score (nSPS) is 11.8. The molecular formula is C12H16N4O. The molecule has 0 atom stereocenters. The Morgan fingerprint density at radius 3 is 2.53 bits per heavy atom. The van der Waals surface area contributed by atoms with Gasteiger partial charge >= 0.3 is 0 Å². The number of carbonyl (C=O) groups excluding carboxylic acids is 1. The van der Waals surface area contributed by atoms with Crippen LogP contribution >= 0.6 is 0 Å². The molecule has 0 unspecified atom stereocenters. The Morgan fingerprint density at radius 1 is 1.35 bits per heavy atom. The summed E-state index contributed by atoms with van der Waals surface area (Å²) in [4.78, 5) is 11.1. The Bertz CT molecular complexity index is 545. The molecule has 0 saturated heterocycles. The molecule has 0 bridgehead atoms. The topological polar surface area (TPSA) is 52.7 Å². The number of carbonyl (C=O) groups is 1. The van der Waals surface area contributed by atoms with Gasteiger partial charge in [-0.2, -0.15) is 10.2 Å². The van der Waals surface area contributed by atoms with Crippen LogP contribution in [0.2, 0.25) is 0 Å². The molecule has 2 heterocycles. The summed E-state index contributed by atoms with van der Waals surface area (Å²) in [5, 5.41) is 8.57. The molecule has 0 aromatic carbocycles. The van der Waals surface area contributed by atoms with Crippen molar-refractivity contribution in [1.82, 2.24) is 19.6 Å². The summed E-state index contributed by atoms with van der Waals surface area (Å²) in [7, 11) is 1.83. The van der Waals surface area contributed by atoms with Crippen LogP contribution in [0, 0.1) is 0 Å². The molecule has 0 aliphatic carbocycles. The molecule has 2 rings (SSSR count). The second-order valence-electron chi connectivity index (χ2n) is 5.01. The van der Waals surface area contributed by atoms with E-state index in [0.29, 0.717) is 11.3 Å². The first-order valence-corrected chi connectivity index (χ1v) is 5.47. The van der Waals surface area contributed by atoms with Gasteiger partial charge in [0.05, 0.1) is 16.8 Å². The lowest BCUT2D eigenvalue weighted by Gasteiger charge is -2.18. The molecule has 0 saturated carbocycles. The van der Waals surface area contributed by atoms with Gasteiger partial charge in [-0.15, -0.1) is 0 Å². The summed E-state index contributed by atoms with van der Waals surface area (Å²) < 4.78 is 3.52. The van der Waals surface area contributed by atoms with Crippen LogP contribution in [0.15, 0.2) is 18.5 Å². The largest absolute Gasteiger partial charge is 0.298 e. The van der Waals surface area contributed by atoms with Crippen LogP contribution < -0.4 is 0 Å². The van der Waals surface area contributed by atoms with Crippen LogP contribution in [-0.2, 0) is 12.6 Å².